The molecule has 0 fully saturated rings. The molecule has 2 aromatic rings. The Labute approximate surface area is 127 Å². The first-order chi connectivity index (χ1) is 10.1. The number of nitrogens with one attached hydrogen (secondary N) is 2. The number of aromatic nitrogens is 1. The van der Waals surface area contributed by atoms with Crippen LogP contribution < -0.4 is 10.6 Å². The minimum absolute atomic E-state index is 0.306. The Morgan fingerprint density at radius 2 is 2.10 bits per heavy atom. The standard InChI is InChI=1S/C15H15ClFN3O/c1-10-2-3-11(8-13(10)17)15(21)19-7-6-18-14-5-4-12(16)9-20-14/h2-5,8-9H,6-7H2,1H3,(H,18,20)(H,19,21). The second-order valence-electron chi connectivity index (χ2n) is 4.51. The van der Waals surface area contributed by atoms with Crippen LogP contribution in [0, 0.1) is 12.7 Å². The highest BCUT2D eigenvalue weighted by Gasteiger charge is 2.07. The molecule has 1 heterocycles. The maximum atomic E-state index is 13.4. The zero-order valence-electron chi connectivity index (χ0n) is 11.5. The van der Waals surface area contributed by atoms with Crippen molar-refractivity contribution in [2.45, 2.75) is 6.92 Å². The van der Waals surface area contributed by atoms with Crippen LogP contribution in [0.4, 0.5) is 10.2 Å². The molecular weight excluding hydrogens is 293 g/mol. The minimum atomic E-state index is -0.383. The lowest BCUT2D eigenvalue weighted by molar-refractivity contribution is 0.0954. The molecule has 0 aliphatic carbocycles. The summed E-state index contributed by atoms with van der Waals surface area (Å²) >= 11 is 5.73. The molecule has 1 aromatic heterocycles. The average molecular weight is 308 g/mol. The van der Waals surface area contributed by atoms with Gasteiger partial charge in [-0.1, -0.05) is 17.7 Å². The highest BCUT2D eigenvalue weighted by Crippen LogP contribution is 2.10. The highest BCUT2D eigenvalue weighted by atomic mass is 35.5. The number of halogens is 2. The maximum Gasteiger partial charge on any atom is 0.251 e. The quantitative estimate of drug-likeness (QED) is 0.835. The Morgan fingerprint density at radius 3 is 2.76 bits per heavy atom. The summed E-state index contributed by atoms with van der Waals surface area (Å²) in [4.78, 5) is 15.9. The fourth-order valence-corrected chi connectivity index (χ4v) is 1.79. The molecule has 0 saturated heterocycles. The Kier molecular flexibility index (Phi) is 5.11. The van der Waals surface area contributed by atoms with E-state index >= 15 is 0 Å². The van der Waals surface area contributed by atoms with Gasteiger partial charge in [-0.3, -0.25) is 4.79 Å². The largest absolute Gasteiger partial charge is 0.368 e. The molecule has 6 heteroatoms. The van der Waals surface area contributed by atoms with Crippen molar-refractivity contribution in [3.05, 3.63) is 58.5 Å². The highest BCUT2D eigenvalue weighted by molar-refractivity contribution is 6.30. The summed E-state index contributed by atoms with van der Waals surface area (Å²) in [6.07, 6.45) is 1.54. The van der Waals surface area contributed by atoms with Crippen LogP contribution in [0.1, 0.15) is 15.9 Å². The summed E-state index contributed by atoms with van der Waals surface area (Å²) in [6, 6.07) is 7.89. The lowest BCUT2D eigenvalue weighted by atomic mass is 10.1. The van der Waals surface area contributed by atoms with Gasteiger partial charge in [0, 0.05) is 24.8 Å². The van der Waals surface area contributed by atoms with Crippen molar-refractivity contribution in [2.24, 2.45) is 0 Å². The summed E-state index contributed by atoms with van der Waals surface area (Å²) in [5.41, 5.74) is 0.824. The maximum absolute atomic E-state index is 13.4. The first-order valence-electron chi connectivity index (χ1n) is 6.46. The average Bonchev–Trinajstić information content (AvgIpc) is 2.48. The van der Waals surface area contributed by atoms with Gasteiger partial charge >= 0.3 is 0 Å². The Morgan fingerprint density at radius 1 is 1.29 bits per heavy atom. The van der Waals surface area contributed by atoms with Crippen LogP contribution in [0.2, 0.25) is 5.02 Å². The molecule has 110 valence electrons. The van der Waals surface area contributed by atoms with E-state index in [1.807, 2.05) is 0 Å². The lowest BCUT2D eigenvalue weighted by Gasteiger charge is -2.08. The molecule has 0 saturated carbocycles. The van der Waals surface area contributed by atoms with E-state index in [1.54, 1.807) is 31.2 Å². The summed E-state index contributed by atoms with van der Waals surface area (Å²) in [5.74, 6) is -0.0130. The number of carbonyl (C=O) groups excluding carboxylic acids is 1. The third-order valence-electron chi connectivity index (χ3n) is 2.88. The fourth-order valence-electron chi connectivity index (χ4n) is 1.68. The molecule has 0 atom stereocenters. The van der Waals surface area contributed by atoms with Crippen LogP contribution in [-0.2, 0) is 0 Å². The molecule has 0 unspecified atom stereocenters. The van der Waals surface area contributed by atoms with Gasteiger partial charge < -0.3 is 10.6 Å². The van der Waals surface area contributed by atoms with Crippen LogP contribution in [0.25, 0.3) is 0 Å². The third-order valence-corrected chi connectivity index (χ3v) is 3.10. The number of nitrogens with zero attached hydrogens (tertiary/aromatic N) is 1. The van der Waals surface area contributed by atoms with Gasteiger partial charge in [-0.25, -0.2) is 9.37 Å². The van der Waals surface area contributed by atoms with Crippen molar-refractivity contribution in [3.8, 4) is 0 Å². The SMILES string of the molecule is Cc1ccc(C(=O)NCCNc2ccc(Cl)cn2)cc1F. The second kappa shape index (κ2) is 7.04. The summed E-state index contributed by atoms with van der Waals surface area (Å²) in [5, 5.41) is 6.31. The van der Waals surface area contributed by atoms with Gasteiger partial charge in [0.15, 0.2) is 0 Å². The van der Waals surface area contributed by atoms with Gasteiger partial charge in [0.2, 0.25) is 0 Å². The van der Waals surface area contributed by atoms with Gasteiger partial charge in [0.1, 0.15) is 11.6 Å². The predicted octanol–water partition coefficient (Wildman–Crippen LogP) is 3.02. The van der Waals surface area contributed by atoms with Crippen LogP contribution in [0.5, 0.6) is 0 Å². The van der Waals surface area contributed by atoms with Crippen LogP contribution in [0.15, 0.2) is 36.5 Å². The molecule has 1 amide bonds. The number of pyridine rings is 1. The lowest BCUT2D eigenvalue weighted by Crippen LogP contribution is -2.29. The van der Waals surface area contributed by atoms with E-state index in [2.05, 4.69) is 15.6 Å². The molecule has 1 aromatic carbocycles. The normalized spacial score (nSPS) is 10.2. The molecule has 0 radical (unpaired) electrons. The molecule has 2 rings (SSSR count). The third kappa shape index (κ3) is 4.43. The van der Waals surface area contributed by atoms with E-state index in [-0.39, 0.29) is 11.7 Å². The minimum Gasteiger partial charge on any atom is -0.368 e. The van der Waals surface area contributed by atoms with E-state index in [1.165, 1.54) is 12.3 Å². The molecule has 0 aliphatic rings. The fraction of sp³-hybridized carbons (Fsp3) is 0.200. The monoisotopic (exact) mass is 307 g/mol. The van der Waals surface area contributed by atoms with Gasteiger partial charge in [0.25, 0.3) is 5.91 Å². The van der Waals surface area contributed by atoms with Crippen molar-refractivity contribution in [3.63, 3.8) is 0 Å². The number of amides is 1. The van der Waals surface area contributed by atoms with Crippen LogP contribution in [-0.4, -0.2) is 24.0 Å². The number of hydrogen-bond donors (Lipinski definition) is 2. The van der Waals surface area contributed by atoms with E-state index in [0.717, 1.165) is 0 Å². The van der Waals surface area contributed by atoms with Crippen LogP contribution >= 0.6 is 11.6 Å². The number of rotatable bonds is 5. The van der Waals surface area contributed by atoms with E-state index in [9.17, 15) is 9.18 Å². The Balaban J connectivity index is 1.79. The summed E-state index contributed by atoms with van der Waals surface area (Å²) < 4.78 is 13.4. The number of aryl methyl sites for hydroxylation is 1. The topological polar surface area (TPSA) is 54.0 Å². The zero-order valence-corrected chi connectivity index (χ0v) is 12.2. The van der Waals surface area contributed by atoms with E-state index < -0.39 is 0 Å². The van der Waals surface area contributed by atoms with Gasteiger partial charge in [-0.05, 0) is 36.8 Å². The molecule has 4 nitrogen and oxygen atoms in total. The Bertz CT molecular complexity index is 631. The van der Waals surface area contributed by atoms with Crippen molar-refractivity contribution in [1.29, 1.82) is 0 Å². The van der Waals surface area contributed by atoms with Crippen molar-refractivity contribution >= 4 is 23.3 Å². The number of anilines is 1. The molecule has 2 N–H and O–H groups in total. The molecular formula is C15H15ClFN3O. The number of hydrogen-bond acceptors (Lipinski definition) is 3. The van der Waals surface area contributed by atoms with Crippen LogP contribution in [0.3, 0.4) is 0 Å². The first kappa shape index (κ1) is 15.3. The van der Waals surface area contributed by atoms with E-state index in [4.69, 9.17) is 11.6 Å². The van der Waals surface area contributed by atoms with Gasteiger partial charge in [-0.15, -0.1) is 0 Å². The van der Waals surface area contributed by atoms with Gasteiger partial charge in [0.05, 0.1) is 5.02 Å². The number of benzene rings is 1. The van der Waals surface area contributed by atoms with Crippen molar-refractivity contribution < 1.29 is 9.18 Å². The zero-order chi connectivity index (χ0) is 15.2. The second-order valence-corrected chi connectivity index (χ2v) is 4.94. The first-order valence-corrected chi connectivity index (χ1v) is 6.84. The summed E-state index contributed by atoms with van der Waals surface area (Å²) in [7, 11) is 0. The van der Waals surface area contributed by atoms with Crippen molar-refractivity contribution in [1.82, 2.24) is 10.3 Å². The molecule has 0 spiro atoms. The van der Waals surface area contributed by atoms with Gasteiger partial charge in [-0.2, -0.15) is 0 Å². The van der Waals surface area contributed by atoms with E-state index in [0.29, 0.717) is 35.1 Å². The molecule has 0 bridgehead atoms. The summed E-state index contributed by atoms with van der Waals surface area (Å²) in [6.45, 7) is 2.56. The smallest absolute Gasteiger partial charge is 0.251 e. The molecule has 0 aliphatic heterocycles. The van der Waals surface area contributed by atoms with Crippen molar-refractivity contribution in [2.75, 3.05) is 18.4 Å². The molecule has 21 heavy (non-hydrogen) atoms. The number of carbonyl (C=O) groups is 1. The Hall–Kier alpha value is -2.14. The predicted molar refractivity (Wildman–Crippen MR) is 81.2 cm³/mol.